The molecule has 19 atom stereocenters. The summed E-state index contributed by atoms with van der Waals surface area (Å²) in [5.41, 5.74) is 18.6. The molecular weight excluding hydrogens is 1360 g/mol. The van der Waals surface area contributed by atoms with Crippen molar-refractivity contribution in [2.75, 3.05) is 109 Å². The van der Waals surface area contributed by atoms with Crippen LogP contribution >= 0.6 is 37.0 Å². The normalized spacial score (nSPS) is 18.2. The van der Waals surface area contributed by atoms with Gasteiger partial charge in [-0.3, -0.25) is 74.2 Å². The third-order valence-corrected chi connectivity index (χ3v) is 16.5. The number of aliphatic hydroxyl groups is 14. The van der Waals surface area contributed by atoms with Crippen molar-refractivity contribution < 1.29 is 101 Å². The van der Waals surface area contributed by atoms with Crippen LogP contribution in [0.1, 0.15) is 68.4 Å². The Morgan fingerprint density at radius 3 is 1.60 bits per heavy atom. The highest BCUT2D eigenvalue weighted by Gasteiger charge is 2.34. The molecule has 2 aromatic carbocycles. The Morgan fingerprint density at radius 2 is 1.02 bits per heavy atom. The molecule has 0 fully saturated rings. The minimum Gasteiger partial charge on any atom is -0.378 e. The SMILES string of the molecule is CSCC(O)NC(CCCCNC(O)c1ccc(C=CN(O)O)cc1)C(O)NC(CS)C(O)NC(CCCNC(N)N)C(O)NCC(O)NC(CC(O)O)C(O)NC(CS)C(O)NC(Cc1ccccc1)C(O)NC(C)C(O)NCCOCCOCCOCCNC(O)COCC(N)O. The maximum Gasteiger partial charge on any atom is 0.153 e. The lowest BCUT2D eigenvalue weighted by Crippen LogP contribution is -2.64. The van der Waals surface area contributed by atoms with Gasteiger partial charge in [0.25, 0.3) is 0 Å². The maximum absolute atomic E-state index is 11.6. The van der Waals surface area contributed by atoms with Gasteiger partial charge in [0.15, 0.2) is 6.29 Å². The van der Waals surface area contributed by atoms with E-state index in [9.17, 15) is 66.4 Å². The predicted molar refractivity (Wildman–Crippen MR) is 378 cm³/mol. The highest BCUT2D eigenvalue weighted by Crippen LogP contribution is 2.16. The van der Waals surface area contributed by atoms with E-state index in [1.165, 1.54) is 17.8 Å². The zero-order chi connectivity index (χ0) is 73.5. The third-order valence-electron chi connectivity index (χ3n) is 15.1. The number of thioether (sulfide) groups is 1. The first-order valence-corrected chi connectivity index (χ1v) is 35.7. The van der Waals surface area contributed by atoms with Crippen LogP contribution in [0.2, 0.25) is 0 Å². The molecule has 0 spiro atoms. The lowest BCUT2D eigenvalue weighted by Gasteiger charge is -2.36. The third kappa shape index (κ3) is 44.3. The Hall–Kier alpha value is -2.37. The average molecular weight is 1480 g/mol. The van der Waals surface area contributed by atoms with Crippen LogP contribution in [0.15, 0.2) is 60.8 Å². The van der Waals surface area contributed by atoms with Crippen LogP contribution in [0.5, 0.6) is 0 Å². The Morgan fingerprint density at radius 1 is 0.495 bits per heavy atom. The molecule has 0 saturated carbocycles. The average Bonchev–Trinajstić information content (AvgIpc) is 0.931. The van der Waals surface area contributed by atoms with Crippen LogP contribution < -0.4 is 81.0 Å². The Balaban J connectivity index is 2.03. The summed E-state index contributed by atoms with van der Waals surface area (Å²) in [6, 6.07) is 9.06. The first-order valence-electron chi connectivity index (χ1n) is 33.1. The van der Waals surface area contributed by atoms with Gasteiger partial charge in [-0.05, 0) is 81.1 Å². The zero-order valence-electron chi connectivity index (χ0n) is 56.5. The summed E-state index contributed by atoms with van der Waals surface area (Å²) >= 11 is 10.2. The van der Waals surface area contributed by atoms with E-state index in [1.54, 1.807) is 43.3 Å². The maximum atomic E-state index is 11.6. The molecule has 0 heterocycles. The molecule has 39 heteroatoms. The first kappa shape index (κ1) is 92.7. The van der Waals surface area contributed by atoms with Gasteiger partial charge in [0.2, 0.25) is 0 Å². The quantitative estimate of drug-likeness (QED) is 0.0127. The molecule has 2 rings (SSSR count). The van der Waals surface area contributed by atoms with Crippen LogP contribution in [0.4, 0.5) is 0 Å². The fourth-order valence-corrected chi connectivity index (χ4v) is 10.8. The molecule has 0 aliphatic carbocycles. The fraction of sp³-hybridized carbons (Fsp3) is 0.767. The summed E-state index contributed by atoms with van der Waals surface area (Å²) in [6.45, 7) is 4.09. The molecule has 0 aromatic heterocycles. The van der Waals surface area contributed by atoms with Crippen molar-refractivity contribution in [3.05, 3.63) is 77.5 Å². The second-order valence-corrected chi connectivity index (χ2v) is 25.2. The van der Waals surface area contributed by atoms with E-state index in [-0.39, 0.29) is 69.2 Å². The van der Waals surface area contributed by atoms with E-state index in [4.69, 9.17) is 51.7 Å². The van der Waals surface area contributed by atoms with Gasteiger partial charge < -0.3 is 108 Å². The molecule has 0 radical (unpaired) electrons. The van der Waals surface area contributed by atoms with Crippen molar-refractivity contribution in [1.82, 2.24) is 69.0 Å². The number of nitrogens with one attached hydrogen (secondary N) is 12. The molecule has 0 aliphatic heterocycles. The van der Waals surface area contributed by atoms with Gasteiger partial charge in [0, 0.05) is 61.4 Å². The van der Waals surface area contributed by atoms with Gasteiger partial charge in [-0.25, -0.2) is 0 Å². The van der Waals surface area contributed by atoms with Crippen LogP contribution in [0.3, 0.4) is 0 Å². The Labute approximate surface area is 595 Å². The smallest absolute Gasteiger partial charge is 0.153 e. The van der Waals surface area contributed by atoms with Gasteiger partial charge in [-0.15, -0.1) is 5.23 Å². The minimum absolute atomic E-state index is 0.0322. The molecule has 36 nitrogen and oxygen atoms in total. The standard InChI is InChI=1S/C60H120N16O20S3/c1-37(52(83)66-21-24-94-26-28-95-27-25-93-23-20-64-49(79)33-96-32-47(61)77)69-56(87)43(29-39-9-4-3-5-10-39)73-59(90)46(35-98)75-57(88)44(30-51(81)82)71-48(78)31-68-54(85)41(12-8-19-67-60(62)63)72-58(89)45(34-97)74-55(86)42(70-50(80)36-99-2)11-6-7-18-65-53(84)40-15-13-38(14-16-40)17-22-76(91)92/h3-5,9-10,13-17,22,37,41-60,64-75,77-92,97-98H,6-8,11-12,18-21,23-36,61-63H2,1-2H3. The van der Waals surface area contributed by atoms with Gasteiger partial charge in [-0.1, -0.05) is 61.0 Å². The van der Waals surface area contributed by atoms with E-state index >= 15 is 0 Å². The summed E-state index contributed by atoms with van der Waals surface area (Å²) in [5, 5.41) is 205. The highest BCUT2D eigenvalue weighted by molar-refractivity contribution is 7.98. The van der Waals surface area contributed by atoms with Crippen molar-refractivity contribution >= 4 is 43.1 Å². The first-order chi connectivity index (χ1) is 47.3. The number of nitrogens with two attached hydrogens (primary N) is 3. The van der Waals surface area contributed by atoms with Crippen molar-refractivity contribution in [3.8, 4) is 0 Å². The number of thiol groups is 2. The molecule has 34 N–H and O–H groups in total. The molecule has 2 aromatic rings. The second kappa shape index (κ2) is 56.0. The molecule has 578 valence electrons. The summed E-state index contributed by atoms with van der Waals surface area (Å²) < 4.78 is 21.6. The number of rotatable bonds is 64. The molecule has 0 amide bonds. The lowest BCUT2D eigenvalue weighted by atomic mass is 10.0. The number of benzene rings is 2. The summed E-state index contributed by atoms with van der Waals surface area (Å²) in [5.74, 6) is 0.150. The van der Waals surface area contributed by atoms with Gasteiger partial charge in [0.1, 0.15) is 81.0 Å². The van der Waals surface area contributed by atoms with E-state index < -0.39 is 143 Å². The van der Waals surface area contributed by atoms with Crippen LogP contribution in [0.25, 0.3) is 6.08 Å². The summed E-state index contributed by atoms with van der Waals surface area (Å²) in [6.07, 6.45) is -12.7. The fourth-order valence-electron chi connectivity index (χ4n) is 9.78. The van der Waals surface area contributed by atoms with Crippen molar-refractivity contribution in [1.29, 1.82) is 0 Å². The zero-order valence-corrected chi connectivity index (χ0v) is 59.1. The number of hydrogen-bond acceptors (Lipinski definition) is 39. The van der Waals surface area contributed by atoms with Crippen LogP contribution in [-0.2, 0) is 25.4 Å². The van der Waals surface area contributed by atoms with Gasteiger partial charge >= 0.3 is 0 Å². The van der Waals surface area contributed by atoms with Gasteiger partial charge in [0.05, 0.1) is 83.2 Å². The highest BCUT2D eigenvalue weighted by atomic mass is 32.2. The number of ether oxygens (including phenoxy) is 4. The lowest BCUT2D eigenvalue weighted by molar-refractivity contribution is -0.266. The minimum atomic E-state index is -2.01. The van der Waals surface area contributed by atoms with Crippen molar-refractivity contribution in [3.63, 3.8) is 0 Å². The van der Waals surface area contributed by atoms with E-state index in [0.717, 1.165) is 11.8 Å². The Kier molecular flexibility index (Phi) is 52.5. The van der Waals surface area contributed by atoms with E-state index in [0.29, 0.717) is 82.0 Å². The molecule has 0 saturated heterocycles. The molecule has 0 aliphatic rings. The molecular formula is C60H120N16O20S3. The molecule has 19 unspecified atom stereocenters. The monoisotopic (exact) mass is 1480 g/mol. The van der Waals surface area contributed by atoms with E-state index in [2.05, 4.69) is 89.1 Å². The summed E-state index contributed by atoms with van der Waals surface area (Å²) in [7, 11) is 0. The van der Waals surface area contributed by atoms with Crippen molar-refractivity contribution in [2.45, 2.75) is 181 Å². The number of hydroxylamine groups is 2. The van der Waals surface area contributed by atoms with Crippen molar-refractivity contribution in [2.24, 2.45) is 17.2 Å². The Bertz CT molecular complexity index is 2270. The number of hydrogen-bond donors (Lipinski definition) is 33. The second-order valence-electron chi connectivity index (χ2n) is 23.5. The molecule has 99 heavy (non-hydrogen) atoms. The van der Waals surface area contributed by atoms with Crippen LogP contribution in [0, 0.1) is 0 Å². The molecule has 0 bridgehead atoms. The number of aliphatic hydroxyl groups excluding tert-OH is 13. The van der Waals surface area contributed by atoms with E-state index in [1.807, 2.05) is 24.5 Å². The predicted octanol–water partition coefficient (Wildman–Crippen LogP) is -8.75. The number of nitrogens with zero attached hydrogens (tertiary/aromatic N) is 1. The largest absolute Gasteiger partial charge is 0.378 e. The summed E-state index contributed by atoms with van der Waals surface area (Å²) in [4.78, 5) is 0. The number of unbranched alkanes of at least 4 members (excludes halogenated alkanes) is 1. The topological polar surface area (TPSA) is 586 Å². The van der Waals surface area contributed by atoms with Gasteiger partial charge in [-0.2, -0.15) is 37.0 Å². The van der Waals surface area contributed by atoms with Crippen LogP contribution in [-0.4, -0.2) is 320 Å².